The molecular formula is C12H13N3OS. The van der Waals surface area contributed by atoms with E-state index in [4.69, 9.17) is 0 Å². The van der Waals surface area contributed by atoms with E-state index in [-0.39, 0.29) is 11.7 Å². The highest BCUT2D eigenvalue weighted by Crippen LogP contribution is 2.30. The Kier molecular flexibility index (Phi) is 3.28. The van der Waals surface area contributed by atoms with Crippen molar-refractivity contribution < 1.29 is 4.79 Å². The molecule has 0 spiro atoms. The van der Waals surface area contributed by atoms with Gasteiger partial charge < -0.3 is 0 Å². The molecule has 0 aliphatic heterocycles. The van der Waals surface area contributed by atoms with Gasteiger partial charge in [-0.2, -0.15) is 0 Å². The van der Waals surface area contributed by atoms with Gasteiger partial charge in [0.1, 0.15) is 10.7 Å². The van der Waals surface area contributed by atoms with E-state index >= 15 is 0 Å². The number of ketones is 1. The van der Waals surface area contributed by atoms with Crippen molar-refractivity contribution in [1.29, 1.82) is 0 Å². The normalized spacial score (nSPS) is 10.8. The van der Waals surface area contributed by atoms with Crippen LogP contribution in [0.15, 0.2) is 18.6 Å². The molecule has 2 aromatic heterocycles. The average molecular weight is 247 g/mol. The minimum Gasteiger partial charge on any atom is -0.294 e. The van der Waals surface area contributed by atoms with Crippen molar-refractivity contribution in [2.75, 3.05) is 0 Å². The van der Waals surface area contributed by atoms with Crippen LogP contribution in [0.25, 0.3) is 10.7 Å². The van der Waals surface area contributed by atoms with Crippen molar-refractivity contribution in [3.8, 4) is 10.7 Å². The molecule has 0 saturated heterocycles. The molecule has 2 aromatic rings. The van der Waals surface area contributed by atoms with Gasteiger partial charge in [0.05, 0.1) is 16.8 Å². The quantitative estimate of drug-likeness (QED) is 0.782. The zero-order chi connectivity index (χ0) is 12.4. The summed E-state index contributed by atoms with van der Waals surface area (Å²) in [6.07, 6.45) is 4.90. The van der Waals surface area contributed by atoms with Gasteiger partial charge in [0, 0.05) is 19.3 Å². The minimum atomic E-state index is 0.0568. The molecule has 0 fully saturated rings. The van der Waals surface area contributed by atoms with Gasteiger partial charge in [-0.25, -0.2) is 4.98 Å². The summed E-state index contributed by atoms with van der Waals surface area (Å²) in [5.41, 5.74) is 1.56. The molecule has 2 heterocycles. The van der Waals surface area contributed by atoms with Crippen LogP contribution in [0.5, 0.6) is 0 Å². The summed E-state index contributed by atoms with van der Waals surface area (Å²) in [7, 11) is 0. The summed E-state index contributed by atoms with van der Waals surface area (Å²) in [5.74, 6) is 0.289. The Morgan fingerprint density at radius 1 is 1.35 bits per heavy atom. The maximum atomic E-state index is 11.5. The number of nitrogens with zero attached hydrogens (tertiary/aromatic N) is 3. The van der Waals surface area contributed by atoms with Gasteiger partial charge in [0.15, 0.2) is 5.78 Å². The fourth-order valence-electron chi connectivity index (χ4n) is 1.49. The van der Waals surface area contributed by atoms with E-state index in [1.54, 1.807) is 25.5 Å². The minimum absolute atomic E-state index is 0.0568. The van der Waals surface area contributed by atoms with E-state index in [0.717, 1.165) is 15.6 Å². The van der Waals surface area contributed by atoms with Gasteiger partial charge >= 0.3 is 0 Å². The lowest BCUT2D eigenvalue weighted by atomic mass is 10.1. The third-order valence-electron chi connectivity index (χ3n) is 2.30. The van der Waals surface area contributed by atoms with Gasteiger partial charge in [0.25, 0.3) is 0 Å². The Balaban J connectivity index is 2.51. The predicted octanol–water partition coefficient (Wildman–Crippen LogP) is 2.93. The van der Waals surface area contributed by atoms with Crippen LogP contribution in [0.3, 0.4) is 0 Å². The molecule has 0 amide bonds. The Labute approximate surface area is 104 Å². The number of carbonyl (C=O) groups is 1. The predicted molar refractivity (Wildman–Crippen MR) is 67.2 cm³/mol. The SMILES string of the molecule is CC(=O)c1sc(-c2cnccn2)nc1C(C)C. The summed E-state index contributed by atoms with van der Waals surface area (Å²) < 4.78 is 0. The summed E-state index contributed by atoms with van der Waals surface area (Å²) in [6, 6.07) is 0. The number of rotatable bonds is 3. The van der Waals surface area contributed by atoms with Gasteiger partial charge in [-0.3, -0.25) is 14.8 Å². The Bertz CT molecular complexity index is 534. The molecule has 5 heteroatoms. The summed E-state index contributed by atoms with van der Waals surface area (Å²) in [4.78, 5) is 25.0. The first-order valence-electron chi connectivity index (χ1n) is 5.37. The first-order chi connectivity index (χ1) is 8.09. The fourth-order valence-corrected chi connectivity index (χ4v) is 2.57. The molecule has 0 N–H and O–H groups in total. The van der Waals surface area contributed by atoms with Gasteiger partial charge in [-0.05, 0) is 5.92 Å². The van der Waals surface area contributed by atoms with Crippen molar-refractivity contribution >= 4 is 17.1 Å². The van der Waals surface area contributed by atoms with E-state index in [9.17, 15) is 4.79 Å². The number of hydrogen-bond acceptors (Lipinski definition) is 5. The second-order valence-electron chi connectivity index (χ2n) is 4.03. The van der Waals surface area contributed by atoms with Crippen LogP contribution >= 0.6 is 11.3 Å². The van der Waals surface area contributed by atoms with Crippen LogP contribution < -0.4 is 0 Å². The number of Topliss-reactive ketones (excluding diaryl/α,β-unsaturated/α-hetero) is 1. The highest BCUT2D eigenvalue weighted by atomic mass is 32.1. The molecule has 0 bridgehead atoms. The van der Waals surface area contributed by atoms with Crippen molar-refractivity contribution in [3.05, 3.63) is 29.2 Å². The number of carbonyl (C=O) groups excluding carboxylic acids is 1. The molecular weight excluding hydrogens is 234 g/mol. The molecule has 17 heavy (non-hydrogen) atoms. The molecule has 0 atom stereocenters. The lowest BCUT2D eigenvalue weighted by Crippen LogP contribution is -1.97. The van der Waals surface area contributed by atoms with Crippen molar-refractivity contribution in [2.45, 2.75) is 26.7 Å². The standard InChI is InChI=1S/C12H13N3OS/c1-7(2)10-11(8(3)16)17-12(15-10)9-6-13-4-5-14-9/h4-7H,1-3H3. The van der Waals surface area contributed by atoms with E-state index < -0.39 is 0 Å². The van der Waals surface area contributed by atoms with Crippen LogP contribution in [0.4, 0.5) is 0 Å². The molecule has 0 aromatic carbocycles. The zero-order valence-electron chi connectivity index (χ0n) is 9.97. The largest absolute Gasteiger partial charge is 0.294 e. The molecule has 0 aliphatic carbocycles. The van der Waals surface area contributed by atoms with Crippen LogP contribution in [-0.4, -0.2) is 20.7 Å². The fraction of sp³-hybridized carbons (Fsp3) is 0.333. The van der Waals surface area contributed by atoms with Crippen molar-refractivity contribution in [2.24, 2.45) is 0 Å². The molecule has 2 rings (SSSR count). The first-order valence-corrected chi connectivity index (χ1v) is 6.19. The maximum absolute atomic E-state index is 11.5. The summed E-state index contributed by atoms with van der Waals surface area (Å²) >= 11 is 1.39. The van der Waals surface area contributed by atoms with E-state index in [1.165, 1.54) is 11.3 Å². The van der Waals surface area contributed by atoms with Crippen molar-refractivity contribution in [1.82, 2.24) is 15.0 Å². The average Bonchev–Trinajstić information content (AvgIpc) is 2.75. The van der Waals surface area contributed by atoms with Crippen LogP contribution in [-0.2, 0) is 0 Å². The Morgan fingerprint density at radius 3 is 2.59 bits per heavy atom. The number of hydrogen-bond donors (Lipinski definition) is 0. The number of aromatic nitrogens is 3. The monoisotopic (exact) mass is 247 g/mol. The van der Waals surface area contributed by atoms with E-state index in [2.05, 4.69) is 15.0 Å². The molecule has 0 saturated carbocycles. The highest BCUT2D eigenvalue weighted by Gasteiger charge is 2.18. The third-order valence-corrected chi connectivity index (χ3v) is 3.50. The number of thiazole rings is 1. The molecule has 0 radical (unpaired) electrons. The van der Waals surface area contributed by atoms with Gasteiger partial charge in [-0.15, -0.1) is 11.3 Å². The Morgan fingerprint density at radius 2 is 2.12 bits per heavy atom. The summed E-state index contributed by atoms with van der Waals surface area (Å²) in [6.45, 7) is 5.63. The lowest BCUT2D eigenvalue weighted by molar-refractivity contribution is 0.102. The van der Waals surface area contributed by atoms with Crippen LogP contribution in [0.2, 0.25) is 0 Å². The van der Waals surface area contributed by atoms with E-state index in [1.807, 2.05) is 13.8 Å². The zero-order valence-corrected chi connectivity index (χ0v) is 10.8. The molecule has 0 unspecified atom stereocenters. The first kappa shape index (κ1) is 11.9. The van der Waals surface area contributed by atoms with Crippen molar-refractivity contribution in [3.63, 3.8) is 0 Å². The third kappa shape index (κ3) is 2.39. The Hall–Kier alpha value is -1.62. The molecule has 0 aliphatic rings. The van der Waals surface area contributed by atoms with Crippen LogP contribution in [0, 0.1) is 0 Å². The summed E-state index contributed by atoms with van der Waals surface area (Å²) in [5, 5.41) is 0.756. The lowest BCUT2D eigenvalue weighted by Gasteiger charge is -2.00. The second kappa shape index (κ2) is 4.71. The van der Waals surface area contributed by atoms with Crippen LogP contribution in [0.1, 0.15) is 42.1 Å². The highest BCUT2D eigenvalue weighted by molar-refractivity contribution is 7.17. The molecule has 88 valence electrons. The van der Waals surface area contributed by atoms with E-state index in [0.29, 0.717) is 5.69 Å². The second-order valence-corrected chi connectivity index (χ2v) is 5.03. The topological polar surface area (TPSA) is 55.7 Å². The molecule has 4 nitrogen and oxygen atoms in total. The van der Waals surface area contributed by atoms with Gasteiger partial charge in [0.2, 0.25) is 0 Å². The smallest absolute Gasteiger partial charge is 0.171 e. The maximum Gasteiger partial charge on any atom is 0.171 e. The van der Waals surface area contributed by atoms with Gasteiger partial charge in [-0.1, -0.05) is 13.8 Å².